The number of amides is 1. The highest BCUT2D eigenvalue weighted by atomic mass is 32.2. The molecule has 6 heteroatoms. The van der Waals surface area contributed by atoms with Crippen molar-refractivity contribution < 1.29 is 17.8 Å². The van der Waals surface area contributed by atoms with E-state index in [9.17, 15) is 13.4 Å². The average Bonchev–Trinajstić information content (AvgIpc) is 3.11. The van der Waals surface area contributed by atoms with Crippen molar-refractivity contribution >= 4 is 16.7 Å². The van der Waals surface area contributed by atoms with Crippen LogP contribution in [0.25, 0.3) is 0 Å². The predicted molar refractivity (Wildman–Crippen MR) is 103 cm³/mol. The fourth-order valence-corrected chi connectivity index (χ4v) is 3.67. The van der Waals surface area contributed by atoms with Crippen molar-refractivity contribution in [3.63, 3.8) is 0 Å². The number of furan rings is 1. The Bertz CT molecular complexity index is 933. The zero-order valence-electron chi connectivity index (χ0n) is 14.9. The van der Waals surface area contributed by atoms with Gasteiger partial charge in [-0.15, -0.1) is 0 Å². The molecule has 0 aliphatic carbocycles. The molecule has 0 spiro atoms. The maximum absolute atomic E-state index is 12.9. The van der Waals surface area contributed by atoms with Gasteiger partial charge in [0.2, 0.25) is 0 Å². The van der Waals surface area contributed by atoms with Gasteiger partial charge in [0, 0.05) is 23.1 Å². The summed E-state index contributed by atoms with van der Waals surface area (Å²) in [4.78, 5) is 12.2. The zero-order chi connectivity index (χ0) is 19.2. The molecule has 1 atom stereocenters. The molecule has 4 nitrogen and oxygen atoms in total. The second-order valence-corrected chi connectivity index (χ2v) is 7.75. The minimum atomic E-state index is -1.13. The number of hydrogen-bond donors (Lipinski definition) is 1. The number of carbonyl (C=O) groups is 1. The number of rotatable bonds is 7. The van der Waals surface area contributed by atoms with Gasteiger partial charge in [0.25, 0.3) is 5.91 Å². The Morgan fingerprint density at radius 1 is 0.963 bits per heavy atom. The maximum atomic E-state index is 12.9. The van der Waals surface area contributed by atoms with Gasteiger partial charge in [-0.3, -0.25) is 9.00 Å². The van der Waals surface area contributed by atoms with Crippen molar-refractivity contribution in [3.05, 3.63) is 94.7 Å². The Balaban J connectivity index is 1.52. The van der Waals surface area contributed by atoms with E-state index in [1.165, 1.54) is 12.1 Å². The summed E-state index contributed by atoms with van der Waals surface area (Å²) >= 11 is 0. The number of benzene rings is 2. The van der Waals surface area contributed by atoms with E-state index in [4.69, 9.17) is 4.42 Å². The van der Waals surface area contributed by atoms with Gasteiger partial charge in [0.05, 0.1) is 5.75 Å². The summed E-state index contributed by atoms with van der Waals surface area (Å²) in [5.41, 5.74) is 2.95. The van der Waals surface area contributed by atoms with Gasteiger partial charge in [-0.2, -0.15) is 0 Å². The third-order valence-corrected chi connectivity index (χ3v) is 5.27. The molecule has 0 aliphatic heterocycles. The van der Waals surface area contributed by atoms with Crippen LogP contribution in [-0.4, -0.2) is 10.1 Å². The van der Waals surface area contributed by atoms with E-state index >= 15 is 0 Å². The van der Waals surface area contributed by atoms with Crippen molar-refractivity contribution in [2.75, 3.05) is 0 Å². The molecule has 140 valence electrons. The van der Waals surface area contributed by atoms with Gasteiger partial charge in [-0.1, -0.05) is 42.0 Å². The normalized spacial score (nSPS) is 11.9. The molecule has 27 heavy (non-hydrogen) atoms. The van der Waals surface area contributed by atoms with Gasteiger partial charge >= 0.3 is 0 Å². The quantitative estimate of drug-likeness (QED) is 0.666. The molecule has 0 unspecified atom stereocenters. The molecule has 3 rings (SSSR count). The van der Waals surface area contributed by atoms with Crippen molar-refractivity contribution in [2.24, 2.45) is 0 Å². The summed E-state index contributed by atoms with van der Waals surface area (Å²) in [5.74, 6) is 0.674. The van der Waals surface area contributed by atoms with Crippen molar-refractivity contribution in [1.29, 1.82) is 0 Å². The topological polar surface area (TPSA) is 59.3 Å². The fourth-order valence-electron chi connectivity index (χ4n) is 2.53. The standard InChI is InChI=1S/C21H20FNO3S/c1-15-2-4-17(5-3-15)13-27(25)14-19-10-11-20(26-19)21(24)23-12-16-6-8-18(22)9-7-16/h2-11H,12-14H2,1H3,(H,23,24)/t27-/m1/s1. The number of carbonyl (C=O) groups excluding carboxylic acids is 1. The highest BCUT2D eigenvalue weighted by Crippen LogP contribution is 2.14. The molecule has 0 saturated heterocycles. The Morgan fingerprint density at radius 2 is 1.63 bits per heavy atom. The number of hydrogen-bond acceptors (Lipinski definition) is 3. The van der Waals surface area contributed by atoms with E-state index in [1.807, 2.05) is 31.2 Å². The molecule has 3 aromatic rings. The van der Waals surface area contributed by atoms with Gasteiger partial charge in [-0.25, -0.2) is 4.39 Å². The Labute approximate surface area is 159 Å². The summed E-state index contributed by atoms with van der Waals surface area (Å²) in [6.45, 7) is 2.28. The van der Waals surface area contributed by atoms with Gasteiger partial charge in [-0.05, 0) is 42.3 Å². The van der Waals surface area contributed by atoms with E-state index in [0.717, 1.165) is 16.7 Å². The second kappa shape index (κ2) is 8.77. The first-order valence-corrected chi connectivity index (χ1v) is 10.0. The summed E-state index contributed by atoms with van der Waals surface area (Å²) in [5, 5.41) is 2.72. The first-order chi connectivity index (χ1) is 13.0. The van der Waals surface area contributed by atoms with E-state index in [0.29, 0.717) is 11.5 Å². The van der Waals surface area contributed by atoms with Crippen LogP contribution in [0.3, 0.4) is 0 Å². The van der Waals surface area contributed by atoms with Gasteiger partial charge < -0.3 is 9.73 Å². The maximum Gasteiger partial charge on any atom is 0.287 e. The molecular weight excluding hydrogens is 365 g/mol. The number of nitrogens with one attached hydrogen (secondary N) is 1. The lowest BCUT2D eigenvalue weighted by Gasteiger charge is -2.04. The SMILES string of the molecule is Cc1ccc(C[S@@](=O)Cc2ccc(C(=O)NCc3ccc(F)cc3)o2)cc1. The van der Waals surface area contributed by atoms with Crippen LogP contribution in [0.4, 0.5) is 4.39 Å². The molecule has 1 N–H and O–H groups in total. The number of halogens is 1. The minimum absolute atomic E-state index is 0.166. The molecule has 0 fully saturated rings. The monoisotopic (exact) mass is 385 g/mol. The lowest BCUT2D eigenvalue weighted by molar-refractivity contribution is 0.0921. The highest BCUT2D eigenvalue weighted by Gasteiger charge is 2.13. The first-order valence-electron chi connectivity index (χ1n) is 8.51. The molecular formula is C21H20FNO3S. The first kappa shape index (κ1) is 19.0. The van der Waals surface area contributed by atoms with Crippen LogP contribution in [0.1, 0.15) is 33.0 Å². The van der Waals surface area contributed by atoms with E-state index in [2.05, 4.69) is 5.32 Å². The van der Waals surface area contributed by atoms with Crippen LogP contribution in [0.2, 0.25) is 0 Å². The second-order valence-electron chi connectivity index (χ2n) is 6.29. The predicted octanol–water partition coefficient (Wildman–Crippen LogP) is 4.11. The lowest BCUT2D eigenvalue weighted by atomic mass is 10.2. The third kappa shape index (κ3) is 5.62. The molecule has 0 saturated carbocycles. The molecule has 1 heterocycles. The van der Waals surface area contributed by atoms with E-state index < -0.39 is 10.8 Å². The third-order valence-electron chi connectivity index (χ3n) is 4.00. The van der Waals surface area contributed by atoms with Crippen LogP contribution in [0, 0.1) is 12.7 Å². The van der Waals surface area contributed by atoms with Crippen molar-refractivity contribution in [1.82, 2.24) is 5.32 Å². The molecule has 0 radical (unpaired) electrons. The highest BCUT2D eigenvalue weighted by molar-refractivity contribution is 7.83. The summed E-state index contributed by atoms with van der Waals surface area (Å²) in [6, 6.07) is 17.0. The Hall–Kier alpha value is -2.73. The van der Waals surface area contributed by atoms with Gasteiger partial charge in [0.1, 0.15) is 11.6 Å². The Kier molecular flexibility index (Phi) is 6.19. The van der Waals surface area contributed by atoms with Crippen molar-refractivity contribution in [2.45, 2.75) is 25.0 Å². The van der Waals surface area contributed by atoms with E-state index in [1.54, 1.807) is 24.3 Å². The molecule has 0 aliphatic rings. The van der Waals surface area contributed by atoms with Crippen LogP contribution >= 0.6 is 0 Å². The minimum Gasteiger partial charge on any atom is -0.455 e. The largest absolute Gasteiger partial charge is 0.455 e. The molecule has 2 aromatic carbocycles. The average molecular weight is 385 g/mol. The molecule has 1 aromatic heterocycles. The van der Waals surface area contributed by atoms with Crippen LogP contribution in [0.15, 0.2) is 65.1 Å². The summed E-state index contributed by atoms with van der Waals surface area (Å²) in [6.07, 6.45) is 0. The fraction of sp³-hybridized carbons (Fsp3) is 0.190. The number of aryl methyl sites for hydroxylation is 1. The zero-order valence-corrected chi connectivity index (χ0v) is 15.7. The molecule has 0 bridgehead atoms. The van der Waals surface area contributed by atoms with E-state index in [-0.39, 0.29) is 29.8 Å². The van der Waals surface area contributed by atoms with Gasteiger partial charge in [0.15, 0.2) is 5.76 Å². The van der Waals surface area contributed by atoms with Crippen molar-refractivity contribution in [3.8, 4) is 0 Å². The Morgan fingerprint density at radius 3 is 2.33 bits per heavy atom. The smallest absolute Gasteiger partial charge is 0.287 e. The lowest BCUT2D eigenvalue weighted by Crippen LogP contribution is -2.22. The summed E-state index contributed by atoms with van der Waals surface area (Å²) < 4.78 is 30.7. The van der Waals surface area contributed by atoms with Crippen LogP contribution < -0.4 is 5.32 Å². The summed E-state index contributed by atoms with van der Waals surface area (Å²) in [7, 11) is -1.13. The van der Waals surface area contributed by atoms with Crippen LogP contribution in [-0.2, 0) is 28.9 Å². The molecule has 1 amide bonds. The van der Waals surface area contributed by atoms with Crippen LogP contribution in [0.5, 0.6) is 0 Å².